The maximum Gasteiger partial charge on any atom is 0.0484 e. The van der Waals surface area contributed by atoms with Gasteiger partial charge in [0.25, 0.3) is 0 Å². The second kappa shape index (κ2) is 8.63. The highest BCUT2D eigenvalue weighted by molar-refractivity contribution is 6.06. The fourth-order valence-corrected chi connectivity index (χ4v) is 4.25. The summed E-state index contributed by atoms with van der Waals surface area (Å²) in [5.41, 5.74) is 3.88. The molecule has 6 rings (SSSR count). The molecule has 0 bridgehead atoms. The van der Waals surface area contributed by atoms with Crippen molar-refractivity contribution in [3.63, 3.8) is 0 Å². The molecule has 0 N–H and O–H groups in total. The van der Waals surface area contributed by atoms with Crippen molar-refractivity contribution in [2.24, 2.45) is 0 Å². The van der Waals surface area contributed by atoms with Crippen LogP contribution in [0.4, 0.5) is 0 Å². The molecule has 0 saturated carbocycles. The normalized spacial score (nSPS) is 10.5. The van der Waals surface area contributed by atoms with Crippen LogP contribution in [0.5, 0.6) is 0 Å². The largest absolute Gasteiger partial charge is 0.0622 e. The molecule has 0 unspecified atom stereocenters. The van der Waals surface area contributed by atoms with Crippen molar-refractivity contribution in [2.75, 3.05) is 0 Å². The lowest BCUT2D eigenvalue weighted by Crippen LogP contribution is -1.89. The zero-order valence-electron chi connectivity index (χ0n) is 18.5. The molecule has 0 aliphatic carbocycles. The predicted molar refractivity (Wildman–Crippen MR) is 143 cm³/mol. The SMILES string of the molecule is C(#Cc1ccc2cc3cc4ccc[c]c4cc3cc2c1C#Cc1ccccc1)c1ccccc1. The number of hydrogen-bond acceptors (Lipinski definition) is 0. The number of fused-ring (bicyclic) bond motifs is 3. The molecular weight excluding hydrogens is 408 g/mol. The van der Waals surface area contributed by atoms with Crippen molar-refractivity contribution in [2.45, 2.75) is 0 Å². The molecule has 0 atom stereocenters. The molecule has 1 radical (unpaired) electrons. The standard InChI is InChI=1S/C34H19/c1-3-9-25(10-4-1)15-17-27-18-19-30-23-31-21-28-13-7-8-14-29(28)22-32(31)24-34(30)33(27)20-16-26-11-5-2-6-12-26/h1-13,18-19,21-24H. The highest BCUT2D eigenvalue weighted by Gasteiger charge is 2.08. The van der Waals surface area contributed by atoms with Crippen molar-refractivity contribution in [3.8, 4) is 23.7 Å². The average molecular weight is 428 g/mol. The summed E-state index contributed by atoms with van der Waals surface area (Å²) in [6.07, 6.45) is 0. The van der Waals surface area contributed by atoms with E-state index in [4.69, 9.17) is 0 Å². The van der Waals surface area contributed by atoms with Crippen LogP contribution in [-0.4, -0.2) is 0 Å². The van der Waals surface area contributed by atoms with Crippen LogP contribution in [0.25, 0.3) is 32.3 Å². The summed E-state index contributed by atoms with van der Waals surface area (Å²) in [5.74, 6) is 13.5. The summed E-state index contributed by atoms with van der Waals surface area (Å²) in [5, 5.41) is 6.98. The Morgan fingerprint density at radius 2 is 1.15 bits per heavy atom. The summed E-state index contributed by atoms with van der Waals surface area (Å²) in [7, 11) is 0. The number of hydrogen-bond donors (Lipinski definition) is 0. The minimum atomic E-state index is 0.937. The molecule has 6 aromatic carbocycles. The first-order valence-corrected chi connectivity index (χ1v) is 11.3. The fourth-order valence-electron chi connectivity index (χ4n) is 4.25. The average Bonchev–Trinajstić information content (AvgIpc) is 2.89. The van der Waals surface area contributed by atoms with E-state index in [0.29, 0.717) is 0 Å². The molecule has 0 heteroatoms. The zero-order valence-corrected chi connectivity index (χ0v) is 18.5. The summed E-state index contributed by atoms with van der Waals surface area (Å²) < 4.78 is 0. The molecule has 0 heterocycles. The van der Waals surface area contributed by atoms with Gasteiger partial charge in [0.15, 0.2) is 0 Å². The van der Waals surface area contributed by atoms with E-state index in [1.807, 2.05) is 72.8 Å². The van der Waals surface area contributed by atoms with Gasteiger partial charge in [0.2, 0.25) is 0 Å². The topological polar surface area (TPSA) is 0 Å². The smallest absolute Gasteiger partial charge is 0.0484 e. The third-order valence-corrected chi connectivity index (χ3v) is 5.98. The first kappa shape index (κ1) is 19.9. The molecule has 6 aromatic rings. The molecule has 34 heavy (non-hydrogen) atoms. The van der Waals surface area contributed by atoms with Crippen LogP contribution in [0.1, 0.15) is 22.3 Å². The van der Waals surface area contributed by atoms with E-state index in [-0.39, 0.29) is 0 Å². The van der Waals surface area contributed by atoms with Crippen LogP contribution in [0.15, 0.2) is 115 Å². The Bertz CT molecular complexity index is 1790. The van der Waals surface area contributed by atoms with Crippen LogP contribution in [0, 0.1) is 29.7 Å². The summed E-state index contributed by atoms with van der Waals surface area (Å²) in [6.45, 7) is 0. The third kappa shape index (κ3) is 3.91. The lowest BCUT2D eigenvalue weighted by atomic mass is 9.94. The summed E-state index contributed by atoms with van der Waals surface area (Å²) in [6, 6.07) is 42.8. The predicted octanol–water partition coefficient (Wildman–Crippen LogP) is 7.75. The minimum Gasteiger partial charge on any atom is -0.0622 e. The number of benzene rings is 6. The van der Waals surface area contributed by atoms with E-state index in [1.54, 1.807) is 0 Å². The molecule has 0 saturated heterocycles. The van der Waals surface area contributed by atoms with Crippen molar-refractivity contribution >= 4 is 32.3 Å². The molecular formula is C34H19. The van der Waals surface area contributed by atoms with E-state index in [1.165, 1.54) is 16.2 Å². The Balaban J connectivity index is 1.60. The second-order valence-corrected chi connectivity index (χ2v) is 8.25. The van der Waals surface area contributed by atoms with Crippen LogP contribution in [0.2, 0.25) is 0 Å². The minimum absolute atomic E-state index is 0.937. The number of rotatable bonds is 0. The first-order chi connectivity index (χ1) is 16.8. The van der Waals surface area contributed by atoms with Crippen LogP contribution in [-0.2, 0) is 0 Å². The quantitative estimate of drug-likeness (QED) is 0.172. The van der Waals surface area contributed by atoms with Crippen LogP contribution in [0.3, 0.4) is 0 Å². The molecule has 155 valence electrons. The van der Waals surface area contributed by atoms with Crippen molar-refractivity contribution in [1.29, 1.82) is 0 Å². The van der Waals surface area contributed by atoms with Gasteiger partial charge in [-0.1, -0.05) is 84.3 Å². The van der Waals surface area contributed by atoms with Gasteiger partial charge >= 0.3 is 0 Å². The maximum absolute atomic E-state index is 3.45. The highest BCUT2D eigenvalue weighted by Crippen LogP contribution is 2.30. The van der Waals surface area contributed by atoms with Gasteiger partial charge in [0.05, 0.1) is 0 Å². The summed E-state index contributed by atoms with van der Waals surface area (Å²) >= 11 is 0. The van der Waals surface area contributed by atoms with Gasteiger partial charge < -0.3 is 0 Å². The Labute approximate surface area is 199 Å². The molecule has 0 aromatic heterocycles. The van der Waals surface area contributed by atoms with E-state index in [0.717, 1.165) is 38.4 Å². The Morgan fingerprint density at radius 3 is 1.91 bits per heavy atom. The van der Waals surface area contributed by atoms with Gasteiger partial charge in [0.1, 0.15) is 0 Å². The Morgan fingerprint density at radius 1 is 0.471 bits per heavy atom. The van der Waals surface area contributed by atoms with Crippen molar-refractivity contribution < 1.29 is 0 Å². The van der Waals surface area contributed by atoms with E-state index >= 15 is 0 Å². The van der Waals surface area contributed by atoms with Gasteiger partial charge in [-0.15, -0.1) is 0 Å². The molecule has 0 amide bonds. The van der Waals surface area contributed by atoms with Gasteiger partial charge in [-0.05, 0) is 93.0 Å². The van der Waals surface area contributed by atoms with Crippen LogP contribution < -0.4 is 0 Å². The van der Waals surface area contributed by atoms with E-state index in [9.17, 15) is 0 Å². The van der Waals surface area contributed by atoms with Gasteiger partial charge in [-0.25, -0.2) is 0 Å². The van der Waals surface area contributed by atoms with E-state index in [2.05, 4.69) is 72.2 Å². The monoisotopic (exact) mass is 427 g/mol. The lowest BCUT2D eigenvalue weighted by Gasteiger charge is -2.08. The second-order valence-electron chi connectivity index (χ2n) is 8.25. The van der Waals surface area contributed by atoms with Crippen LogP contribution >= 0.6 is 0 Å². The molecule has 0 nitrogen and oxygen atoms in total. The van der Waals surface area contributed by atoms with Crippen molar-refractivity contribution in [1.82, 2.24) is 0 Å². The van der Waals surface area contributed by atoms with E-state index < -0.39 is 0 Å². The Hall–Kier alpha value is -4.78. The zero-order chi connectivity index (χ0) is 22.7. The van der Waals surface area contributed by atoms with Gasteiger partial charge in [-0.3, -0.25) is 0 Å². The molecule has 0 aliphatic heterocycles. The lowest BCUT2D eigenvalue weighted by molar-refractivity contribution is 1.62. The summed E-state index contributed by atoms with van der Waals surface area (Å²) in [4.78, 5) is 0. The molecule has 0 fully saturated rings. The third-order valence-electron chi connectivity index (χ3n) is 5.98. The van der Waals surface area contributed by atoms with Crippen molar-refractivity contribution in [3.05, 3.63) is 144 Å². The highest BCUT2D eigenvalue weighted by atomic mass is 14.1. The Kier molecular flexibility index (Phi) is 5.04. The van der Waals surface area contributed by atoms with Gasteiger partial charge in [-0.2, -0.15) is 0 Å². The molecule has 0 spiro atoms. The van der Waals surface area contributed by atoms with Gasteiger partial charge in [0, 0.05) is 22.3 Å². The molecule has 0 aliphatic rings. The maximum atomic E-state index is 3.45. The first-order valence-electron chi connectivity index (χ1n) is 11.3. The fraction of sp³-hybridized carbons (Fsp3) is 0.